The van der Waals surface area contributed by atoms with Crippen LogP contribution < -0.4 is 4.74 Å². The molecule has 1 N–H and O–H groups in total. The summed E-state index contributed by atoms with van der Waals surface area (Å²) < 4.78 is 44.6. The average Bonchev–Trinajstić information content (AvgIpc) is 3.26. The zero-order chi connectivity index (χ0) is 18.2. The summed E-state index contributed by atoms with van der Waals surface area (Å²) in [6.07, 6.45) is -2.36. The number of aliphatic carboxylic acids is 1. The molecule has 0 aromatic heterocycles. The molecule has 1 aliphatic heterocycles. The average molecular weight is 357 g/mol. The van der Waals surface area contributed by atoms with Crippen LogP contribution in [-0.2, 0) is 4.79 Å². The highest BCUT2D eigenvalue weighted by molar-refractivity contribution is 5.95. The molecule has 8 heteroatoms. The van der Waals surface area contributed by atoms with E-state index in [1.54, 1.807) is 12.1 Å². The SMILES string of the molecule is O=C(O)[C@@H]1CN(C(=O)c2ccc(OCC3CC3)cc2)C[C@H]1C(F)(F)F. The van der Waals surface area contributed by atoms with E-state index in [0.717, 1.165) is 17.7 Å². The van der Waals surface area contributed by atoms with E-state index in [4.69, 9.17) is 9.84 Å². The molecule has 1 saturated carbocycles. The van der Waals surface area contributed by atoms with E-state index in [2.05, 4.69) is 0 Å². The van der Waals surface area contributed by atoms with Crippen LogP contribution >= 0.6 is 0 Å². The van der Waals surface area contributed by atoms with E-state index in [1.165, 1.54) is 12.1 Å². The fourth-order valence-corrected chi connectivity index (χ4v) is 2.93. The number of rotatable bonds is 5. The van der Waals surface area contributed by atoms with Gasteiger partial charge < -0.3 is 14.7 Å². The number of carbonyl (C=O) groups excluding carboxylic acids is 1. The number of halogens is 3. The molecule has 3 rings (SSSR count). The zero-order valence-corrected chi connectivity index (χ0v) is 13.3. The summed E-state index contributed by atoms with van der Waals surface area (Å²) in [5.74, 6) is -4.65. The highest BCUT2D eigenvalue weighted by Crippen LogP contribution is 2.38. The van der Waals surface area contributed by atoms with Crippen molar-refractivity contribution < 1.29 is 32.6 Å². The molecule has 0 unspecified atom stereocenters. The third kappa shape index (κ3) is 4.05. The minimum atomic E-state index is -4.65. The Morgan fingerprint density at radius 2 is 1.80 bits per heavy atom. The van der Waals surface area contributed by atoms with Crippen LogP contribution in [0.4, 0.5) is 13.2 Å². The Balaban J connectivity index is 1.66. The van der Waals surface area contributed by atoms with Crippen molar-refractivity contribution in [2.45, 2.75) is 19.0 Å². The maximum atomic E-state index is 13.0. The van der Waals surface area contributed by atoms with Gasteiger partial charge in [-0.1, -0.05) is 0 Å². The first-order valence-corrected chi connectivity index (χ1v) is 8.07. The third-order valence-corrected chi connectivity index (χ3v) is 4.63. The molecule has 5 nitrogen and oxygen atoms in total. The molecule has 0 spiro atoms. The van der Waals surface area contributed by atoms with Gasteiger partial charge in [0.2, 0.25) is 0 Å². The standard InChI is InChI=1S/C17H18F3NO4/c18-17(19,20)14-8-21(7-13(14)16(23)24)15(22)11-3-5-12(6-4-11)25-9-10-1-2-10/h3-6,10,13-14H,1-2,7-9H2,(H,23,24)/t13-,14-/m1/s1. The predicted octanol–water partition coefficient (Wildman–Crippen LogP) is 2.81. The van der Waals surface area contributed by atoms with Gasteiger partial charge in [-0.05, 0) is 43.0 Å². The number of carbonyl (C=O) groups is 2. The lowest BCUT2D eigenvalue weighted by molar-refractivity contribution is -0.187. The van der Waals surface area contributed by atoms with Gasteiger partial charge in [0.15, 0.2) is 0 Å². The van der Waals surface area contributed by atoms with Crippen molar-refractivity contribution in [1.82, 2.24) is 4.90 Å². The number of amides is 1. The van der Waals surface area contributed by atoms with Crippen LogP contribution in [0.1, 0.15) is 23.2 Å². The van der Waals surface area contributed by atoms with Crippen molar-refractivity contribution >= 4 is 11.9 Å². The maximum Gasteiger partial charge on any atom is 0.394 e. The Hall–Kier alpha value is -2.25. The van der Waals surface area contributed by atoms with Gasteiger partial charge in [0.05, 0.1) is 18.4 Å². The number of ether oxygens (including phenoxy) is 1. The van der Waals surface area contributed by atoms with Crippen LogP contribution in [0.5, 0.6) is 5.75 Å². The minimum absolute atomic E-state index is 0.214. The number of hydrogen-bond acceptors (Lipinski definition) is 3. The zero-order valence-electron chi connectivity index (χ0n) is 13.3. The van der Waals surface area contributed by atoms with E-state index in [1.807, 2.05) is 0 Å². The second-order valence-corrected chi connectivity index (χ2v) is 6.58. The number of carboxylic acids is 1. The van der Waals surface area contributed by atoms with Crippen LogP contribution in [0.2, 0.25) is 0 Å². The van der Waals surface area contributed by atoms with Crippen LogP contribution in [0.25, 0.3) is 0 Å². The second-order valence-electron chi connectivity index (χ2n) is 6.58. The van der Waals surface area contributed by atoms with Gasteiger partial charge in [-0.25, -0.2) is 0 Å². The van der Waals surface area contributed by atoms with Crippen molar-refractivity contribution in [2.75, 3.05) is 19.7 Å². The summed E-state index contributed by atoms with van der Waals surface area (Å²) in [4.78, 5) is 24.4. The predicted molar refractivity (Wildman–Crippen MR) is 81.2 cm³/mol. The van der Waals surface area contributed by atoms with E-state index >= 15 is 0 Å². The lowest BCUT2D eigenvalue weighted by Gasteiger charge is -2.18. The molecule has 1 amide bonds. The van der Waals surface area contributed by atoms with Crippen molar-refractivity contribution in [3.8, 4) is 5.75 Å². The van der Waals surface area contributed by atoms with Crippen LogP contribution in [0.15, 0.2) is 24.3 Å². The Bertz CT molecular complexity index is 655. The largest absolute Gasteiger partial charge is 0.493 e. The van der Waals surface area contributed by atoms with E-state index in [0.29, 0.717) is 18.3 Å². The first-order valence-electron chi connectivity index (χ1n) is 8.07. The van der Waals surface area contributed by atoms with Gasteiger partial charge >= 0.3 is 12.1 Å². The molecule has 1 saturated heterocycles. The van der Waals surface area contributed by atoms with Gasteiger partial charge in [-0.15, -0.1) is 0 Å². The highest BCUT2D eigenvalue weighted by Gasteiger charge is 2.53. The lowest BCUT2D eigenvalue weighted by Crippen LogP contribution is -2.34. The molecule has 1 aromatic carbocycles. The van der Waals surface area contributed by atoms with Gasteiger partial charge in [-0.2, -0.15) is 13.2 Å². The molecule has 0 radical (unpaired) electrons. The number of benzene rings is 1. The number of likely N-dealkylation sites (tertiary alicyclic amines) is 1. The summed E-state index contributed by atoms with van der Waals surface area (Å²) >= 11 is 0. The summed E-state index contributed by atoms with van der Waals surface area (Å²) in [6.45, 7) is -0.468. The Morgan fingerprint density at radius 3 is 2.28 bits per heavy atom. The Labute approximate surface area is 142 Å². The summed E-state index contributed by atoms with van der Waals surface area (Å²) in [5.41, 5.74) is 0.214. The highest BCUT2D eigenvalue weighted by atomic mass is 19.4. The van der Waals surface area contributed by atoms with Crippen molar-refractivity contribution in [1.29, 1.82) is 0 Å². The van der Waals surface area contributed by atoms with Gasteiger partial charge in [0.1, 0.15) is 5.75 Å². The fraction of sp³-hybridized carbons (Fsp3) is 0.529. The molecule has 1 aromatic rings. The van der Waals surface area contributed by atoms with E-state index in [-0.39, 0.29) is 5.56 Å². The first-order chi connectivity index (χ1) is 11.8. The molecular weight excluding hydrogens is 339 g/mol. The summed E-state index contributed by atoms with van der Waals surface area (Å²) in [6, 6.07) is 6.17. The van der Waals surface area contributed by atoms with Crippen molar-refractivity contribution in [3.63, 3.8) is 0 Å². The van der Waals surface area contributed by atoms with E-state index < -0.39 is 43.0 Å². The minimum Gasteiger partial charge on any atom is -0.493 e. The molecule has 2 aliphatic rings. The normalized spacial score (nSPS) is 23.6. The molecule has 2 atom stereocenters. The number of alkyl halides is 3. The lowest BCUT2D eigenvalue weighted by atomic mass is 9.96. The van der Waals surface area contributed by atoms with Gasteiger partial charge in [-0.3, -0.25) is 9.59 Å². The number of nitrogens with zero attached hydrogens (tertiary/aromatic N) is 1. The molecule has 25 heavy (non-hydrogen) atoms. The molecule has 1 heterocycles. The molecule has 2 fully saturated rings. The molecule has 0 bridgehead atoms. The fourth-order valence-electron chi connectivity index (χ4n) is 2.93. The van der Waals surface area contributed by atoms with Crippen LogP contribution in [0.3, 0.4) is 0 Å². The van der Waals surface area contributed by atoms with Gasteiger partial charge in [0.25, 0.3) is 5.91 Å². The Kier molecular flexibility index (Phi) is 4.62. The molecular formula is C17H18F3NO4. The van der Waals surface area contributed by atoms with E-state index in [9.17, 15) is 22.8 Å². The number of carboxylic acid groups (broad SMARTS) is 1. The topological polar surface area (TPSA) is 66.8 Å². The van der Waals surface area contributed by atoms with Crippen molar-refractivity contribution in [2.24, 2.45) is 17.8 Å². The number of hydrogen-bond donors (Lipinski definition) is 1. The quantitative estimate of drug-likeness (QED) is 0.880. The van der Waals surface area contributed by atoms with Crippen molar-refractivity contribution in [3.05, 3.63) is 29.8 Å². The Morgan fingerprint density at radius 1 is 1.16 bits per heavy atom. The first kappa shape index (κ1) is 17.6. The van der Waals surface area contributed by atoms with Gasteiger partial charge in [0, 0.05) is 18.7 Å². The smallest absolute Gasteiger partial charge is 0.394 e. The summed E-state index contributed by atoms with van der Waals surface area (Å²) in [5, 5.41) is 9.01. The second kappa shape index (κ2) is 6.57. The third-order valence-electron chi connectivity index (χ3n) is 4.63. The van der Waals surface area contributed by atoms with Crippen LogP contribution in [-0.4, -0.2) is 47.8 Å². The summed E-state index contributed by atoms with van der Waals surface area (Å²) in [7, 11) is 0. The molecule has 136 valence electrons. The maximum absolute atomic E-state index is 13.0. The monoisotopic (exact) mass is 357 g/mol. The molecule has 1 aliphatic carbocycles. The van der Waals surface area contributed by atoms with Crippen LogP contribution in [0, 0.1) is 17.8 Å².